The number of hydrogen-bond donors (Lipinski definition) is 0. The van der Waals surface area contributed by atoms with Gasteiger partial charge in [-0.05, 0) is 104 Å². The largest absolute Gasteiger partial charge is 0.497 e. The topological polar surface area (TPSA) is 76.5 Å². The minimum Gasteiger partial charge on any atom is -0.497 e. The molecule has 0 amide bonds. The highest BCUT2D eigenvalue weighted by Gasteiger charge is 2.14. The molecular weight excluding hydrogens is 608 g/mol. The molecule has 0 fully saturated rings. The van der Waals surface area contributed by atoms with E-state index in [2.05, 4.69) is 44.1 Å². The first-order chi connectivity index (χ1) is 22.8. The van der Waals surface area contributed by atoms with Crippen molar-refractivity contribution in [3.8, 4) is 35.7 Å². The normalized spacial score (nSPS) is 9.83. The van der Waals surface area contributed by atoms with Crippen molar-refractivity contribution in [3.63, 3.8) is 0 Å². The Morgan fingerprint density at radius 3 is 1.49 bits per heavy atom. The number of methoxy groups -OCH3 is 2. The summed E-state index contributed by atoms with van der Waals surface area (Å²) in [4.78, 5) is 21.7. The number of rotatable bonds is 6. The molecule has 4 aromatic carbocycles. The van der Waals surface area contributed by atoms with Gasteiger partial charge in [0.1, 0.15) is 23.1 Å². The Bertz CT molecular complexity index is 2050. The van der Waals surface area contributed by atoms with Crippen molar-refractivity contribution in [1.82, 2.24) is 19.9 Å². The van der Waals surface area contributed by atoms with Crippen molar-refractivity contribution in [1.29, 1.82) is 0 Å². The summed E-state index contributed by atoms with van der Waals surface area (Å²) in [5.41, 5.74) is 3.73. The van der Waals surface area contributed by atoms with E-state index >= 15 is 0 Å². The number of fused-ring (bicyclic) bond motifs is 2. The van der Waals surface area contributed by atoms with Crippen LogP contribution in [0.4, 0.5) is 23.0 Å². The Hall–Kier alpha value is -5.83. The molecule has 0 saturated carbocycles. The minimum absolute atomic E-state index is 0.240. The highest BCUT2D eigenvalue weighted by atomic mass is 35.5. The second-order valence-corrected chi connectivity index (χ2v) is 10.2. The number of anilines is 4. The van der Waals surface area contributed by atoms with Crippen molar-refractivity contribution in [3.05, 3.63) is 108 Å². The number of nitrogens with zero attached hydrogens (tertiary/aromatic N) is 6. The van der Waals surface area contributed by atoms with Gasteiger partial charge in [-0.1, -0.05) is 30.2 Å². The summed E-state index contributed by atoms with van der Waals surface area (Å²) in [6.45, 7) is 3.44. The van der Waals surface area contributed by atoms with Crippen molar-refractivity contribution in [2.45, 2.75) is 13.8 Å². The fourth-order valence-corrected chi connectivity index (χ4v) is 4.80. The smallest absolute Gasteiger partial charge is 0.224 e. The summed E-state index contributed by atoms with van der Waals surface area (Å²) in [6, 6.07) is 31.4. The van der Waals surface area contributed by atoms with E-state index in [1.807, 2.05) is 121 Å². The summed E-state index contributed by atoms with van der Waals surface area (Å²) < 4.78 is 10.4. The Morgan fingerprint density at radius 2 is 1.04 bits per heavy atom. The molecule has 9 heteroatoms. The van der Waals surface area contributed by atoms with Crippen LogP contribution in [0.3, 0.4) is 0 Å². The number of aromatic nitrogens is 4. The monoisotopic (exact) mass is 642 g/mol. The first-order valence-corrected chi connectivity index (χ1v) is 15.0. The number of terminal acetylenes is 1. The molecule has 0 aliphatic rings. The van der Waals surface area contributed by atoms with Crippen molar-refractivity contribution < 1.29 is 9.47 Å². The number of hydrogen-bond acceptors (Lipinski definition) is 8. The van der Waals surface area contributed by atoms with Crippen LogP contribution in [-0.4, -0.2) is 48.3 Å². The second-order valence-electron chi connectivity index (χ2n) is 9.90. The van der Waals surface area contributed by atoms with Crippen LogP contribution in [-0.2, 0) is 0 Å². The lowest BCUT2D eigenvalue weighted by atomic mass is 10.2. The second kappa shape index (κ2) is 16.5. The molecule has 0 atom stereocenters. The highest BCUT2D eigenvalue weighted by molar-refractivity contribution is 6.28. The van der Waals surface area contributed by atoms with Crippen LogP contribution < -0.4 is 19.3 Å². The maximum absolute atomic E-state index is 6.03. The van der Waals surface area contributed by atoms with Crippen LogP contribution in [0.1, 0.15) is 19.7 Å². The average molecular weight is 643 g/mol. The zero-order valence-electron chi connectivity index (χ0n) is 27.2. The third kappa shape index (κ3) is 8.46. The van der Waals surface area contributed by atoms with E-state index in [9.17, 15) is 0 Å². The zero-order chi connectivity index (χ0) is 33.8. The zero-order valence-corrected chi connectivity index (χ0v) is 27.9. The first kappa shape index (κ1) is 34.1. The number of ether oxygens (including phenoxy) is 2. The molecule has 0 saturated heterocycles. The van der Waals surface area contributed by atoms with E-state index in [0.717, 1.165) is 56.3 Å². The maximum Gasteiger partial charge on any atom is 0.224 e. The Morgan fingerprint density at radius 1 is 0.617 bits per heavy atom. The van der Waals surface area contributed by atoms with Gasteiger partial charge in [0.25, 0.3) is 0 Å². The molecule has 0 unspecified atom stereocenters. The lowest BCUT2D eigenvalue weighted by Gasteiger charge is -2.20. The van der Waals surface area contributed by atoms with Crippen LogP contribution >= 0.6 is 11.6 Å². The summed E-state index contributed by atoms with van der Waals surface area (Å²) in [7, 11) is 7.25. The predicted octanol–water partition coefficient (Wildman–Crippen LogP) is 8.48. The van der Waals surface area contributed by atoms with Gasteiger partial charge in [0.15, 0.2) is 0 Å². The van der Waals surface area contributed by atoms with Gasteiger partial charge in [0.2, 0.25) is 11.1 Å². The van der Waals surface area contributed by atoms with Crippen LogP contribution in [0.5, 0.6) is 11.5 Å². The van der Waals surface area contributed by atoms with E-state index in [1.165, 1.54) is 0 Å². The van der Waals surface area contributed by atoms with Gasteiger partial charge in [-0.3, -0.25) is 0 Å². The van der Waals surface area contributed by atoms with E-state index in [1.54, 1.807) is 28.1 Å². The number of benzene rings is 4. The van der Waals surface area contributed by atoms with Gasteiger partial charge in [-0.2, -0.15) is 4.98 Å². The molecule has 8 nitrogen and oxygen atoms in total. The number of halogens is 1. The fraction of sp³-hybridized carbons (Fsp3) is 0.158. The van der Waals surface area contributed by atoms with E-state index in [-0.39, 0.29) is 5.28 Å². The van der Waals surface area contributed by atoms with Crippen LogP contribution in [0.2, 0.25) is 5.28 Å². The quantitative estimate of drug-likeness (QED) is 0.132. The molecule has 236 valence electrons. The predicted molar refractivity (Wildman–Crippen MR) is 193 cm³/mol. The van der Waals surface area contributed by atoms with E-state index in [0.29, 0.717) is 5.82 Å². The van der Waals surface area contributed by atoms with Gasteiger partial charge >= 0.3 is 0 Å². The third-order valence-electron chi connectivity index (χ3n) is 6.93. The van der Waals surface area contributed by atoms with Crippen molar-refractivity contribution in [2.24, 2.45) is 0 Å². The van der Waals surface area contributed by atoms with Crippen molar-refractivity contribution >= 4 is 56.4 Å². The molecule has 0 N–H and O–H groups in total. The van der Waals surface area contributed by atoms with E-state index in [4.69, 9.17) is 21.1 Å². The molecule has 6 rings (SSSR count). The van der Waals surface area contributed by atoms with Gasteiger partial charge in [0, 0.05) is 36.2 Å². The Balaban J connectivity index is 0.000000197. The van der Waals surface area contributed by atoms with Gasteiger partial charge in [-0.25, -0.2) is 15.0 Å². The van der Waals surface area contributed by atoms with Gasteiger partial charge in [0.05, 0.1) is 25.3 Å². The summed E-state index contributed by atoms with van der Waals surface area (Å²) in [5, 5.41) is 2.19. The van der Waals surface area contributed by atoms with Crippen LogP contribution in [0, 0.1) is 24.2 Å². The van der Waals surface area contributed by atoms with E-state index < -0.39 is 0 Å². The molecule has 0 spiro atoms. The van der Waals surface area contributed by atoms with Crippen LogP contribution in [0.25, 0.3) is 21.8 Å². The summed E-state index contributed by atoms with van der Waals surface area (Å²) >= 11 is 6.03. The van der Waals surface area contributed by atoms with Crippen LogP contribution in [0.15, 0.2) is 97.1 Å². The molecule has 0 radical (unpaired) electrons. The molecule has 2 aromatic heterocycles. The molecule has 6 aromatic rings. The minimum atomic E-state index is 0.240. The molecule has 0 bridgehead atoms. The third-order valence-corrected chi connectivity index (χ3v) is 7.10. The molecule has 0 aliphatic carbocycles. The maximum atomic E-state index is 6.03. The van der Waals surface area contributed by atoms with Gasteiger partial charge in [-0.15, -0.1) is 12.3 Å². The lowest BCUT2D eigenvalue weighted by Crippen LogP contribution is -2.13. The molecular formula is C38H35ClN6O2. The first-order valence-electron chi connectivity index (χ1n) is 14.6. The molecule has 2 heterocycles. The summed E-state index contributed by atoms with van der Waals surface area (Å²) in [6.07, 6.45) is 4.60. The average Bonchev–Trinajstić information content (AvgIpc) is 3.11. The molecule has 47 heavy (non-hydrogen) atoms. The highest BCUT2D eigenvalue weighted by Crippen LogP contribution is 2.31. The van der Waals surface area contributed by atoms with Crippen molar-refractivity contribution in [2.75, 3.05) is 38.1 Å². The SMILES string of the molecule is C#CC.CC#Cc1nc(N(C)c2ccc(OC)cc2)c2ccccc2n1.COc1ccc(N(C)c2nc(Cl)nc3ccccc23)cc1. The summed E-state index contributed by atoms with van der Waals surface area (Å²) in [5.74, 6) is 11.8. The standard InChI is InChI=1S/C19H17N3O.C16H14ClN3O.C3H4/c1-4-7-18-20-17-9-6-5-8-16(17)19(21-18)22(2)14-10-12-15(23-3)13-11-14;1-20(11-7-9-12(21-2)10-8-11)15-13-5-3-4-6-14(13)18-16(17)19-15;1-3-2/h5-6,8-13H,1-3H3;3-10H,1-2H3;1H,2H3. The molecule has 0 aliphatic heterocycles. The Labute approximate surface area is 281 Å². The number of para-hydroxylation sites is 2. The lowest BCUT2D eigenvalue weighted by molar-refractivity contribution is 0.414. The Kier molecular flexibility index (Phi) is 11.9. The van der Waals surface area contributed by atoms with Gasteiger partial charge < -0.3 is 19.3 Å². The fourth-order valence-electron chi connectivity index (χ4n) is 4.63.